The monoisotopic (exact) mass is 468 g/mol. The number of carbonyl (C=O) groups excluding carboxylic acids is 1. The van der Waals surface area contributed by atoms with Gasteiger partial charge in [-0.05, 0) is 26.7 Å². The van der Waals surface area contributed by atoms with Crippen molar-refractivity contribution < 1.29 is 23.0 Å². The van der Waals surface area contributed by atoms with E-state index in [-0.39, 0.29) is 17.6 Å². The van der Waals surface area contributed by atoms with Gasteiger partial charge < -0.3 is 13.7 Å². The maximum absolute atomic E-state index is 12.6. The van der Waals surface area contributed by atoms with Gasteiger partial charge in [0.05, 0.1) is 25.8 Å². The molecular formula is C22H30ClO5PSi. The first kappa shape index (κ1) is 24.8. The Kier molecular flexibility index (Phi) is 8.49. The van der Waals surface area contributed by atoms with Gasteiger partial charge in [-0.3, -0.25) is 9.36 Å². The van der Waals surface area contributed by atoms with Gasteiger partial charge in [-0.15, -0.1) is 0 Å². The molecule has 30 heavy (non-hydrogen) atoms. The van der Waals surface area contributed by atoms with Crippen molar-refractivity contribution in [2.75, 3.05) is 20.4 Å². The minimum atomic E-state index is -3.46. The molecule has 0 aliphatic heterocycles. The molecule has 0 bridgehead atoms. The molecule has 0 aliphatic rings. The number of benzene rings is 2. The number of esters is 1. The van der Waals surface area contributed by atoms with Gasteiger partial charge in [0.25, 0.3) is 15.0 Å². The average molecular weight is 469 g/mol. The highest BCUT2D eigenvalue weighted by Crippen LogP contribution is 2.53. The summed E-state index contributed by atoms with van der Waals surface area (Å²) in [4.78, 5) is 12.1. The summed E-state index contributed by atoms with van der Waals surface area (Å²) in [6.07, 6.45) is -0.891. The molecule has 2 aromatic rings. The van der Waals surface area contributed by atoms with Crippen LogP contribution in [-0.4, -0.2) is 40.8 Å². The predicted molar refractivity (Wildman–Crippen MR) is 124 cm³/mol. The molecule has 0 saturated heterocycles. The predicted octanol–water partition coefficient (Wildman–Crippen LogP) is 4.57. The molecule has 8 heteroatoms. The summed E-state index contributed by atoms with van der Waals surface area (Å²) in [5.74, 6) is -0.453. The van der Waals surface area contributed by atoms with E-state index in [0.717, 1.165) is 10.4 Å². The van der Waals surface area contributed by atoms with Crippen molar-refractivity contribution in [3.8, 4) is 0 Å². The highest BCUT2D eigenvalue weighted by molar-refractivity contribution is 7.85. The van der Waals surface area contributed by atoms with E-state index in [0.29, 0.717) is 0 Å². The fourth-order valence-corrected chi connectivity index (χ4v) is 9.79. The van der Waals surface area contributed by atoms with E-state index in [1.54, 1.807) is 0 Å². The first-order valence-corrected chi connectivity index (χ1v) is 14.4. The standard InChI is InChI=1S/C22H30ClO5PSi/c1-22(2,3)30(19-12-8-6-9-13-19,20-14-10-7-11-15-20)28-18(16-21(24)26-4)17-29(23,25)27-5/h6-15,18H,16-17H2,1-5H3/t18-,29?/m0/s1. The van der Waals surface area contributed by atoms with Gasteiger partial charge in [0, 0.05) is 7.11 Å². The molecule has 0 spiro atoms. The Hall–Kier alpha value is -1.43. The van der Waals surface area contributed by atoms with Crippen LogP contribution < -0.4 is 10.4 Å². The fraction of sp³-hybridized carbons (Fsp3) is 0.409. The lowest BCUT2D eigenvalue weighted by Crippen LogP contribution is -2.68. The summed E-state index contributed by atoms with van der Waals surface area (Å²) in [6, 6.07) is 20.0. The minimum absolute atomic E-state index is 0.0684. The van der Waals surface area contributed by atoms with Crippen molar-refractivity contribution in [1.29, 1.82) is 0 Å². The third-order valence-corrected chi connectivity index (χ3v) is 12.4. The lowest BCUT2D eigenvalue weighted by molar-refractivity contribution is -0.142. The van der Waals surface area contributed by atoms with Crippen LogP contribution in [0.15, 0.2) is 60.7 Å². The molecule has 2 aromatic carbocycles. The fourth-order valence-electron chi connectivity index (χ4n) is 3.67. The van der Waals surface area contributed by atoms with Crippen molar-refractivity contribution in [2.24, 2.45) is 0 Å². The molecule has 0 fully saturated rings. The van der Waals surface area contributed by atoms with E-state index >= 15 is 0 Å². The van der Waals surface area contributed by atoms with Crippen LogP contribution >= 0.6 is 18.0 Å². The molecule has 1 unspecified atom stereocenters. The Labute approximate surface area is 185 Å². The molecule has 0 radical (unpaired) electrons. The summed E-state index contributed by atoms with van der Waals surface area (Å²) < 4.78 is 29.3. The first-order chi connectivity index (χ1) is 14.1. The van der Waals surface area contributed by atoms with E-state index in [1.807, 2.05) is 36.4 Å². The number of halogens is 1. The Balaban J connectivity index is 2.67. The van der Waals surface area contributed by atoms with Crippen LogP contribution in [0.1, 0.15) is 27.2 Å². The van der Waals surface area contributed by atoms with Crippen molar-refractivity contribution in [3.05, 3.63) is 60.7 Å². The number of ether oxygens (including phenoxy) is 1. The second kappa shape index (κ2) is 10.3. The molecule has 0 heterocycles. The highest BCUT2D eigenvalue weighted by atomic mass is 35.7. The van der Waals surface area contributed by atoms with Crippen molar-refractivity contribution in [1.82, 2.24) is 0 Å². The summed E-state index contributed by atoms with van der Waals surface area (Å²) >= 11 is 6.09. The molecular weight excluding hydrogens is 439 g/mol. The van der Waals surface area contributed by atoms with E-state index in [9.17, 15) is 9.36 Å². The number of hydrogen-bond donors (Lipinski definition) is 0. The number of rotatable bonds is 9. The van der Waals surface area contributed by atoms with Crippen molar-refractivity contribution >= 4 is 42.6 Å². The molecule has 5 nitrogen and oxygen atoms in total. The van der Waals surface area contributed by atoms with Gasteiger partial charge in [-0.2, -0.15) is 0 Å². The molecule has 164 valence electrons. The Morgan fingerprint density at radius 3 is 1.83 bits per heavy atom. The Morgan fingerprint density at radius 2 is 1.47 bits per heavy atom. The maximum Gasteiger partial charge on any atom is 0.308 e. The van der Waals surface area contributed by atoms with Gasteiger partial charge in [-0.25, -0.2) is 0 Å². The molecule has 0 N–H and O–H groups in total. The third kappa shape index (κ3) is 5.83. The lowest BCUT2D eigenvalue weighted by atomic mass is 10.2. The van der Waals surface area contributed by atoms with Crippen LogP contribution in [0.3, 0.4) is 0 Å². The Bertz CT molecular complexity index is 831. The topological polar surface area (TPSA) is 61.8 Å². The second-order valence-electron chi connectivity index (χ2n) is 8.14. The smallest absolute Gasteiger partial charge is 0.308 e. The van der Waals surface area contributed by atoms with Crippen molar-refractivity contribution in [3.63, 3.8) is 0 Å². The molecule has 0 aliphatic carbocycles. The van der Waals surface area contributed by atoms with E-state index in [2.05, 4.69) is 45.0 Å². The quantitative estimate of drug-likeness (QED) is 0.306. The SMILES string of the molecule is COC(=O)C[C@@H](CP(=O)(Cl)OC)O[Si](c1ccccc1)(c1ccccc1)C(C)(C)C. The van der Waals surface area contributed by atoms with Gasteiger partial charge in [0.15, 0.2) is 0 Å². The molecule has 0 amide bonds. The lowest BCUT2D eigenvalue weighted by Gasteiger charge is -2.45. The number of hydrogen-bond acceptors (Lipinski definition) is 5. The molecule has 0 aromatic heterocycles. The third-order valence-electron chi connectivity index (χ3n) is 5.08. The van der Waals surface area contributed by atoms with Crippen LogP contribution in [0.4, 0.5) is 0 Å². The second-order valence-corrected chi connectivity index (χ2v) is 15.8. The summed E-state index contributed by atoms with van der Waals surface area (Å²) in [7, 11) is -0.332. The van der Waals surface area contributed by atoms with Gasteiger partial charge in [0.2, 0.25) is 0 Å². The van der Waals surface area contributed by atoms with E-state index in [1.165, 1.54) is 14.2 Å². The summed E-state index contributed by atoms with van der Waals surface area (Å²) in [5.41, 5.74) is 0. The van der Waals surface area contributed by atoms with Crippen LogP contribution in [0, 0.1) is 0 Å². The van der Waals surface area contributed by atoms with Crippen molar-refractivity contribution in [2.45, 2.75) is 38.3 Å². The maximum atomic E-state index is 12.6. The van der Waals surface area contributed by atoms with Gasteiger partial charge >= 0.3 is 5.97 Å². The molecule has 2 atom stereocenters. The highest BCUT2D eigenvalue weighted by Gasteiger charge is 2.52. The minimum Gasteiger partial charge on any atom is -0.469 e. The van der Waals surface area contributed by atoms with Crippen LogP contribution in [0.25, 0.3) is 0 Å². The zero-order chi connectivity index (χ0) is 22.4. The molecule has 0 saturated carbocycles. The zero-order valence-corrected chi connectivity index (χ0v) is 20.8. The summed E-state index contributed by atoms with van der Waals surface area (Å²) in [6.45, 7) is 2.93. The zero-order valence-electron chi connectivity index (χ0n) is 18.1. The molecule has 2 rings (SSSR count). The Morgan fingerprint density at radius 1 is 1.00 bits per heavy atom. The van der Waals surface area contributed by atoms with Crippen LogP contribution in [0.2, 0.25) is 5.04 Å². The normalized spacial score (nSPS) is 15.3. The van der Waals surface area contributed by atoms with E-state index < -0.39 is 27.1 Å². The first-order valence-electron chi connectivity index (χ1n) is 9.76. The van der Waals surface area contributed by atoms with Gasteiger partial charge in [0.1, 0.15) is 0 Å². The summed E-state index contributed by atoms with van der Waals surface area (Å²) in [5, 5.41) is 1.81. The largest absolute Gasteiger partial charge is 0.469 e. The average Bonchev–Trinajstić information content (AvgIpc) is 2.72. The van der Waals surface area contributed by atoms with Crippen LogP contribution in [0.5, 0.6) is 0 Å². The number of carbonyl (C=O) groups is 1. The van der Waals surface area contributed by atoms with Gasteiger partial charge in [-0.1, -0.05) is 81.4 Å². The van der Waals surface area contributed by atoms with Crippen LogP contribution in [-0.2, 0) is 23.0 Å². The number of methoxy groups -OCH3 is 1. The van der Waals surface area contributed by atoms with E-state index in [4.69, 9.17) is 24.9 Å².